The van der Waals surface area contributed by atoms with Gasteiger partial charge in [0.15, 0.2) is 0 Å². The number of benzene rings is 9. The molecule has 10 aromatic rings. The Kier molecular flexibility index (Phi) is 6.89. The molecule has 0 aliphatic carbocycles. The zero-order chi connectivity index (χ0) is 33.7. The molecule has 0 bridgehead atoms. The van der Waals surface area contributed by atoms with Crippen molar-refractivity contribution >= 4 is 43.5 Å². The van der Waals surface area contributed by atoms with Crippen LogP contribution in [-0.4, -0.2) is 0 Å². The molecule has 1 heteroatoms. The summed E-state index contributed by atoms with van der Waals surface area (Å²) in [7, 11) is 0. The number of hydrogen-bond donors (Lipinski definition) is 0. The average Bonchev–Trinajstić information content (AvgIpc) is 3.58. The van der Waals surface area contributed by atoms with Crippen LogP contribution in [0.2, 0.25) is 0 Å². The highest BCUT2D eigenvalue weighted by atomic mass is 16.3. The van der Waals surface area contributed by atoms with Gasteiger partial charge in [0.2, 0.25) is 0 Å². The fraction of sp³-hybridized carbons (Fsp3) is 0. The molecule has 0 N–H and O–H groups in total. The van der Waals surface area contributed by atoms with Crippen LogP contribution in [0.3, 0.4) is 0 Å². The average molecular weight is 649 g/mol. The monoisotopic (exact) mass is 648 g/mol. The molecule has 0 fully saturated rings. The fourth-order valence-corrected chi connectivity index (χ4v) is 7.91. The minimum Gasteiger partial charge on any atom is -0.456 e. The maximum Gasteiger partial charge on any atom is 0.135 e. The van der Waals surface area contributed by atoms with Gasteiger partial charge in [-0.3, -0.25) is 0 Å². The van der Waals surface area contributed by atoms with Gasteiger partial charge in [0.05, 0.1) is 0 Å². The SMILES string of the molecule is c1ccc(-c2ccc(-c3c4ccccc4c(-c4ccc(-c5ccccc5-c5ccc6oc7ccccc7c6c5)cc4)c4ccccc34)cc2)cc1. The quantitative estimate of drug-likeness (QED) is 0.169. The smallest absolute Gasteiger partial charge is 0.135 e. The second-order valence-corrected chi connectivity index (χ2v) is 13.2. The molecule has 0 radical (unpaired) electrons. The van der Waals surface area contributed by atoms with Gasteiger partial charge in [0.1, 0.15) is 11.2 Å². The Hall–Kier alpha value is -6.70. The molecule has 0 spiro atoms. The number of para-hydroxylation sites is 1. The molecule has 0 saturated heterocycles. The molecule has 10 rings (SSSR count). The van der Waals surface area contributed by atoms with E-state index in [-0.39, 0.29) is 0 Å². The standard InChI is InChI=1S/C50H32O/c1-2-12-33(13-3-1)34-22-26-36(27-23-34)49-42-17-6-8-19-44(42)50(45-20-9-7-18-43(45)49)37-28-24-35(25-29-37)39-14-4-5-15-40(39)38-30-31-48-46(32-38)41-16-10-11-21-47(41)51-48/h1-32H. The number of furan rings is 1. The molecular weight excluding hydrogens is 617 g/mol. The third-order valence-corrected chi connectivity index (χ3v) is 10.3. The summed E-state index contributed by atoms with van der Waals surface area (Å²) in [6, 6.07) is 70.0. The van der Waals surface area contributed by atoms with Crippen molar-refractivity contribution in [2.24, 2.45) is 0 Å². The highest BCUT2D eigenvalue weighted by molar-refractivity contribution is 6.21. The zero-order valence-corrected chi connectivity index (χ0v) is 27.9. The first kappa shape index (κ1) is 29.2. The number of hydrogen-bond acceptors (Lipinski definition) is 1. The van der Waals surface area contributed by atoms with Crippen molar-refractivity contribution in [3.05, 3.63) is 194 Å². The maximum atomic E-state index is 6.13. The zero-order valence-electron chi connectivity index (χ0n) is 27.9. The minimum atomic E-state index is 0.913. The summed E-state index contributed by atoms with van der Waals surface area (Å²) in [4.78, 5) is 0. The first-order valence-corrected chi connectivity index (χ1v) is 17.5. The Morgan fingerprint density at radius 3 is 1.22 bits per heavy atom. The van der Waals surface area contributed by atoms with Gasteiger partial charge in [0.25, 0.3) is 0 Å². The van der Waals surface area contributed by atoms with Crippen LogP contribution in [-0.2, 0) is 0 Å². The molecule has 0 saturated carbocycles. The number of rotatable bonds is 5. The third-order valence-electron chi connectivity index (χ3n) is 10.3. The van der Waals surface area contributed by atoms with Gasteiger partial charge < -0.3 is 4.42 Å². The summed E-state index contributed by atoms with van der Waals surface area (Å²) in [5.41, 5.74) is 14.0. The van der Waals surface area contributed by atoms with E-state index in [9.17, 15) is 0 Å². The first-order valence-electron chi connectivity index (χ1n) is 17.5. The van der Waals surface area contributed by atoms with E-state index in [1.165, 1.54) is 77.2 Å². The van der Waals surface area contributed by atoms with Crippen molar-refractivity contribution in [2.75, 3.05) is 0 Å². The molecule has 1 aromatic heterocycles. The van der Waals surface area contributed by atoms with Crippen LogP contribution in [0.4, 0.5) is 0 Å². The van der Waals surface area contributed by atoms with E-state index in [4.69, 9.17) is 4.42 Å². The molecular formula is C50H32O. The van der Waals surface area contributed by atoms with Gasteiger partial charge in [-0.25, -0.2) is 0 Å². The van der Waals surface area contributed by atoms with Crippen LogP contribution in [0.5, 0.6) is 0 Å². The highest BCUT2D eigenvalue weighted by Gasteiger charge is 2.17. The van der Waals surface area contributed by atoms with Crippen molar-refractivity contribution in [2.45, 2.75) is 0 Å². The lowest BCUT2D eigenvalue weighted by Gasteiger charge is -2.18. The van der Waals surface area contributed by atoms with Crippen molar-refractivity contribution in [3.8, 4) is 55.6 Å². The van der Waals surface area contributed by atoms with Crippen LogP contribution < -0.4 is 0 Å². The van der Waals surface area contributed by atoms with Gasteiger partial charge in [0, 0.05) is 10.8 Å². The van der Waals surface area contributed by atoms with E-state index in [2.05, 4.69) is 182 Å². The van der Waals surface area contributed by atoms with E-state index in [1.54, 1.807) is 0 Å². The molecule has 0 aliphatic heterocycles. The predicted octanol–water partition coefficient (Wildman–Crippen LogP) is 14.2. The normalized spacial score (nSPS) is 11.5. The van der Waals surface area contributed by atoms with E-state index in [0.717, 1.165) is 21.9 Å². The summed E-state index contributed by atoms with van der Waals surface area (Å²) >= 11 is 0. The van der Waals surface area contributed by atoms with Crippen molar-refractivity contribution in [1.82, 2.24) is 0 Å². The van der Waals surface area contributed by atoms with Gasteiger partial charge in [-0.2, -0.15) is 0 Å². The van der Waals surface area contributed by atoms with Crippen LogP contribution in [0.1, 0.15) is 0 Å². The molecule has 1 heterocycles. The van der Waals surface area contributed by atoms with Gasteiger partial charge in [-0.1, -0.05) is 176 Å². The van der Waals surface area contributed by atoms with E-state index in [1.807, 2.05) is 12.1 Å². The van der Waals surface area contributed by atoms with Crippen molar-refractivity contribution < 1.29 is 4.42 Å². The molecule has 0 atom stereocenters. The first-order chi connectivity index (χ1) is 25.3. The Bertz CT molecular complexity index is 2820. The summed E-state index contributed by atoms with van der Waals surface area (Å²) in [6.45, 7) is 0. The molecule has 51 heavy (non-hydrogen) atoms. The Labute approximate surface area is 296 Å². The minimum absolute atomic E-state index is 0.913. The molecule has 0 unspecified atom stereocenters. The summed E-state index contributed by atoms with van der Waals surface area (Å²) in [5.74, 6) is 0. The van der Waals surface area contributed by atoms with Gasteiger partial charge in [-0.15, -0.1) is 0 Å². The second kappa shape index (κ2) is 12.0. The van der Waals surface area contributed by atoms with E-state index >= 15 is 0 Å². The lowest BCUT2D eigenvalue weighted by molar-refractivity contribution is 0.669. The Morgan fingerprint density at radius 2 is 0.627 bits per heavy atom. The molecule has 9 aromatic carbocycles. The fourth-order valence-electron chi connectivity index (χ4n) is 7.91. The Morgan fingerprint density at radius 1 is 0.235 bits per heavy atom. The van der Waals surface area contributed by atoms with Crippen molar-refractivity contribution in [1.29, 1.82) is 0 Å². The molecule has 0 amide bonds. The largest absolute Gasteiger partial charge is 0.456 e. The molecule has 1 nitrogen and oxygen atoms in total. The van der Waals surface area contributed by atoms with Crippen molar-refractivity contribution in [3.63, 3.8) is 0 Å². The predicted molar refractivity (Wildman–Crippen MR) is 216 cm³/mol. The summed E-state index contributed by atoms with van der Waals surface area (Å²) < 4.78 is 6.13. The Balaban J connectivity index is 1.08. The lowest BCUT2D eigenvalue weighted by atomic mass is 9.85. The maximum absolute atomic E-state index is 6.13. The van der Waals surface area contributed by atoms with E-state index < -0.39 is 0 Å². The van der Waals surface area contributed by atoms with Gasteiger partial charge in [-0.05, 0) is 95.4 Å². The van der Waals surface area contributed by atoms with Crippen LogP contribution in [0.25, 0.3) is 99.1 Å². The summed E-state index contributed by atoms with van der Waals surface area (Å²) in [5, 5.41) is 7.32. The van der Waals surface area contributed by atoms with Crippen LogP contribution in [0, 0.1) is 0 Å². The molecule has 0 aliphatic rings. The summed E-state index contributed by atoms with van der Waals surface area (Å²) in [6.07, 6.45) is 0. The van der Waals surface area contributed by atoms with Gasteiger partial charge >= 0.3 is 0 Å². The van der Waals surface area contributed by atoms with Crippen LogP contribution >= 0.6 is 0 Å². The molecule has 238 valence electrons. The van der Waals surface area contributed by atoms with Crippen LogP contribution in [0.15, 0.2) is 199 Å². The van der Waals surface area contributed by atoms with E-state index in [0.29, 0.717) is 0 Å². The third kappa shape index (κ3) is 4.94. The second-order valence-electron chi connectivity index (χ2n) is 13.2. The lowest BCUT2D eigenvalue weighted by Crippen LogP contribution is -1.91. The highest BCUT2D eigenvalue weighted by Crippen LogP contribution is 2.44. The number of fused-ring (bicyclic) bond motifs is 5. The topological polar surface area (TPSA) is 13.1 Å².